The van der Waals surface area contributed by atoms with Crippen LogP contribution in [0.25, 0.3) is 6.08 Å². The minimum atomic E-state index is -0.391. The van der Waals surface area contributed by atoms with E-state index in [1.807, 2.05) is 6.07 Å². The Labute approximate surface area is 119 Å². The maximum absolute atomic E-state index is 12.0. The highest BCUT2D eigenvalue weighted by Gasteiger charge is 2.34. The molecular formula is C12H8ClNO2S2. The lowest BCUT2D eigenvalue weighted by Gasteiger charge is -2.07. The second kappa shape index (κ2) is 5.22. The molecule has 0 aliphatic carbocycles. The van der Waals surface area contributed by atoms with Crippen molar-refractivity contribution in [2.75, 3.05) is 0 Å². The van der Waals surface area contributed by atoms with Crippen LogP contribution in [0.15, 0.2) is 29.2 Å². The highest BCUT2D eigenvalue weighted by atomic mass is 35.5. The number of rotatable bonds is 1. The fourth-order valence-electron chi connectivity index (χ4n) is 1.47. The minimum Gasteiger partial charge on any atom is -0.274 e. The average molecular weight is 298 g/mol. The van der Waals surface area contributed by atoms with Crippen LogP contribution in [-0.2, 0) is 9.59 Å². The maximum atomic E-state index is 12.0. The normalized spacial score (nSPS) is 17.7. The van der Waals surface area contributed by atoms with Gasteiger partial charge in [0.05, 0.1) is 4.91 Å². The first kappa shape index (κ1) is 13.3. The SMILES string of the molecule is CC(=O)N1C(=O)/C(=C/c2ccccc2Cl)SC1=S. The van der Waals surface area contributed by atoms with Crippen LogP contribution in [0.4, 0.5) is 0 Å². The largest absolute Gasteiger partial charge is 0.274 e. The number of thioether (sulfide) groups is 1. The van der Waals surface area contributed by atoms with Crippen LogP contribution < -0.4 is 0 Å². The van der Waals surface area contributed by atoms with Crippen molar-refractivity contribution in [2.24, 2.45) is 0 Å². The Bertz CT molecular complexity index is 583. The zero-order valence-electron chi connectivity index (χ0n) is 9.34. The summed E-state index contributed by atoms with van der Waals surface area (Å²) >= 11 is 12.1. The fraction of sp³-hybridized carbons (Fsp3) is 0.0833. The average Bonchev–Trinajstić information content (AvgIpc) is 2.57. The van der Waals surface area contributed by atoms with E-state index in [0.717, 1.165) is 22.2 Å². The topological polar surface area (TPSA) is 37.4 Å². The Balaban J connectivity index is 2.37. The summed E-state index contributed by atoms with van der Waals surface area (Å²) in [6, 6.07) is 7.16. The molecule has 0 bridgehead atoms. The van der Waals surface area contributed by atoms with Crippen LogP contribution in [0, 0.1) is 0 Å². The Morgan fingerprint density at radius 3 is 2.67 bits per heavy atom. The van der Waals surface area contributed by atoms with Crippen molar-refractivity contribution >= 4 is 57.8 Å². The van der Waals surface area contributed by atoms with Gasteiger partial charge >= 0.3 is 0 Å². The van der Waals surface area contributed by atoms with Gasteiger partial charge in [0.15, 0.2) is 4.32 Å². The number of thiocarbonyl (C=S) groups is 1. The summed E-state index contributed by atoms with van der Waals surface area (Å²) in [6.45, 7) is 1.31. The summed E-state index contributed by atoms with van der Waals surface area (Å²) in [4.78, 5) is 24.6. The molecule has 1 aliphatic rings. The lowest BCUT2D eigenvalue weighted by molar-refractivity contribution is -0.135. The molecular weight excluding hydrogens is 290 g/mol. The van der Waals surface area contributed by atoms with Gasteiger partial charge in [0, 0.05) is 11.9 Å². The van der Waals surface area contributed by atoms with Crippen LogP contribution in [0.3, 0.4) is 0 Å². The molecule has 0 N–H and O–H groups in total. The van der Waals surface area contributed by atoms with E-state index in [0.29, 0.717) is 9.93 Å². The second-order valence-electron chi connectivity index (χ2n) is 3.56. The lowest BCUT2D eigenvalue weighted by Crippen LogP contribution is -2.32. The monoisotopic (exact) mass is 297 g/mol. The van der Waals surface area contributed by atoms with Gasteiger partial charge in [0.2, 0.25) is 5.91 Å². The summed E-state index contributed by atoms with van der Waals surface area (Å²) in [6.07, 6.45) is 1.64. The van der Waals surface area contributed by atoms with Crippen molar-refractivity contribution < 1.29 is 9.59 Å². The van der Waals surface area contributed by atoms with E-state index < -0.39 is 5.91 Å². The first-order valence-corrected chi connectivity index (χ1v) is 6.64. The fourth-order valence-corrected chi connectivity index (χ4v) is 3.00. The van der Waals surface area contributed by atoms with E-state index in [-0.39, 0.29) is 10.2 Å². The Hall–Kier alpha value is -1.17. The Kier molecular flexibility index (Phi) is 3.85. The Morgan fingerprint density at radius 2 is 2.11 bits per heavy atom. The predicted octanol–water partition coefficient (Wildman–Crippen LogP) is 3.09. The number of hydrogen-bond donors (Lipinski definition) is 0. The van der Waals surface area contributed by atoms with E-state index in [1.54, 1.807) is 24.3 Å². The second-order valence-corrected chi connectivity index (χ2v) is 5.64. The van der Waals surface area contributed by atoms with Crippen LogP contribution in [0.2, 0.25) is 5.02 Å². The van der Waals surface area contributed by atoms with Crippen molar-refractivity contribution in [3.8, 4) is 0 Å². The number of benzene rings is 1. The summed E-state index contributed by atoms with van der Waals surface area (Å²) in [5, 5.41) is 0.547. The van der Waals surface area contributed by atoms with Gasteiger partial charge in [0.25, 0.3) is 5.91 Å². The van der Waals surface area contributed by atoms with Gasteiger partial charge in [-0.2, -0.15) is 0 Å². The van der Waals surface area contributed by atoms with E-state index in [4.69, 9.17) is 23.8 Å². The molecule has 6 heteroatoms. The molecule has 92 valence electrons. The molecule has 2 amide bonds. The van der Waals surface area contributed by atoms with Crippen molar-refractivity contribution in [3.05, 3.63) is 39.8 Å². The zero-order valence-corrected chi connectivity index (χ0v) is 11.7. The van der Waals surface area contributed by atoms with E-state index >= 15 is 0 Å². The number of halogens is 1. The number of carbonyl (C=O) groups is 2. The van der Waals surface area contributed by atoms with E-state index in [9.17, 15) is 9.59 Å². The third-order valence-corrected chi connectivity index (χ3v) is 3.95. The number of amides is 2. The zero-order chi connectivity index (χ0) is 13.3. The van der Waals surface area contributed by atoms with Crippen molar-refractivity contribution in [1.29, 1.82) is 0 Å². The van der Waals surface area contributed by atoms with E-state index in [1.165, 1.54) is 6.92 Å². The van der Waals surface area contributed by atoms with Crippen molar-refractivity contribution in [1.82, 2.24) is 4.90 Å². The third-order valence-electron chi connectivity index (χ3n) is 2.30. The summed E-state index contributed by atoms with van der Waals surface area (Å²) < 4.78 is 0.255. The van der Waals surface area contributed by atoms with Gasteiger partial charge in [-0.3, -0.25) is 9.59 Å². The molecule has 0 saturated carbocycles. The van der Waals surface area contributed by atoms with Crippen molar-refractivity contribution in [3.63, 3.8) is 0 Å². The first-order chi connectivity index (χ1) is 8.50. The molecule has 1 saturated heterocycles. The van der Waals surface area contributed by atoms with E-state index in [2.05, 4.69) is 0 Å². The number of nitrogens with zero attached hydrogens (tertiary/aromatic N) is 1. The standard InChI is InChI=1S/C12H8ClNO2S2/c1-7(15)14-11(16)10(18-12(14)17)6-8-4-2-3-5-9(8)13/h2-6H,1H3/b10-6-. The van der Waals surface area contributed by atoms with Crippen LogP contribution in [0.1, 0.15) is 12.5 Å². The molecule has 0 radical (unpaired) electrons. The lowest BCUT2D eigenvalue weighted by atomic mass is 10.2. The molecule has 0 atom stereocenters. The maximum Gasteiger partial charge on any atom is 0.273 e. The molecule has 1 fully saturated rings. The molecule has 2 rings (SSSR count). The molecule has 0 aromatic heterocycles. The van der Waals surface area contributed by atoms with Gasteiger partial charge < -0.3 is 0 Å². The van der Waals surface area contributed by atoms with Crippen LogP contribution in [-0.4, -0.2) is 21.0 Å². The van der Waals surface area contributed by atoms with Crippen molar-refractivity contribution in [2.45, 2.75) is 6.92 Å². The molecule has 18 heavy (non-hydrogen) atoms. The van der Waals surface area contributed by atoms with Gasteiger partial charge in [-0.25, -0.2) is 4.90 Å². The minimum absolute atomic E-state index is 0.255. The quantitative estimate of drug-likeness (QED) is 0.590. The smallest absolute Gasteiger partial charge is 0.273 e. The molecule has 1 heterocycles. The van der Waals surface area contributed by atoms with Gasteiger partial charge in [0.1, 0.15) is 0 Å². The highest BCUT2D eigenvalue weighted by Crippen LogP contribution is 2.33. The third kappa shape index (κ3) is 2.48. The summed E-state index contributed by atoms with van der Waals surface area (Å²) in [5.41, 5.74) is 0.725. The Morgan fingerprint density at radius 1 is 1.44 bits per heavy atom. The van der Waals surface area contributed by atoms with Gasteiger partial charge in [-0.05, 0) is 17.7 Å². The number of imide groups is 1. The van der Waals surface area contributed by atoms with Gasteiger partial charge in [-0.15, -0.1) is 0 Å². The molecule has 1 aromatic rings. The molecule has 1 aromatic carbocycles. The number of hydrogen-bond acceptors (Lipinski definition) is 4. The highest BCUT2D eigenvalue weighted by molar-refractivity contribution is 8.26. The molecule has 0 unspecified atom stereocenters. The van der Waals surface area contributed by atoms with Crippen LogP contribution in [0.5, 0.6) is 0 Å². The predicted molar refractivity (Wildman–Crippen MR) is 77.1 cm³/mol. The first-order valence-electron chi connectivity index (χ1n) is 5.04. The molecule has 3 nitrogen and oxygen atoms in total. The molecule has 1 aliphatic heterocycles. The summed E-state index contributed by atoms with van der Waals surface area (Å²) in [7, 11) is 0. The van der Waals surface area contributed by atoms with Gasteiger partial charge in [-0.1, -0.05) is 53.8 Å². The number of carbonyl (C=O) groups excluding carboxylic acids is 2. The summed E-state index contributed by atoms with van der Waals surface area (Å²) in [5.74, 6) is -0.766. The molecule has 0 spiro atoms. The van der Waals surface area contributed by atoms with Crippen LogP contribution >= 0.6 is 35.6 Å².